The minimum absolute atomic E-state index is 0.0247. The van der Waals surface area contributed by atoms with E-state index in [9.17, 15) is 19.8 Å². The Morgan fingerprint density at radius 3 is 2.72 bits per heavy atom. The molecule has 6 bridgehead atoms. The molecule has 14 heteroatoms. The molecule has 8 rings (SSSR count). The summed E-state index contributed by atoms with van der Waals surface area (Å²) in [5.74, 6) is 3.40. The number of carbonyl (C=O) groups is 2. The molecule has 0 radical (unpaired) electrons. The van der Waals surface area contributed by atoms with Gasteiger partial charge in [-0.1, -0.05) is 34.4 Å². The van der Waals surface area contributed by atoms with Gasteiger partial charge in [0, 0.05) is 67.9 Å². The van der Waals surface area contributed by atoms with Crippen molar-refractivity contribution in [3.05, 3.63) is 46.6 Å². The van der Waals surface area contributed by atoms with E-state index in [0.29, 0.717) is 92.9 Å². The van der Waals surface area contributed by atoms with Gasteiger partial charge in [0.05, 0.1) is 12.0 Å². The van der Waals surface area contributed by atoms with Gasteiger partial charge in [-0.25, -0.2) is 9.98 Å². The number of pyridine rings is 1. The number of benzene rings is 1. The summed E-state index contributed by atoms with van der Waals surface area (Å²) in [6, 6.07) is 5.90. The van der Waals surface area contributed by atoms with Crippen LogP contribution < -0.4 is 21.5 Å². The zero-order valence-electron chi connectivity index (χ0n) is 33.5. The van der Waals surface area contributed by atoms with Crippen LogP contribution in [0.4, 0.5) is 5.82 Å². The minimum atomic E-state index is -0.769. The summed E-state index contributed by atoms with van der Waals surface area (Å²) in [5, 5.41) is 26.8. The third-order valence-corrected chi connectivity index (χ3v) is 15.5. The van der Waals surface area contributed by atoms with Crippen molar-refractivity contribution in [3.8, 4) is 11.5 Å². The number of aromatic nitrogens is 1. The van der Waals surface area contributed by atoms with Gasteiger partial charge < -0.3 is 41.4 Å². The van der Waals surface area contributed by atoms with E-state index in [4.69, 9.17) is 20.9 Å². The number of esters is 1. The maximum absolute atomic E-state index is 14.1. The third-order valence-electron chi connectivity index (χ3n) is 13.3. The van der Waals surface area contributed by atoms with Crippen LogP contribution in [0.5, 0.6) is 11.5 Å². The molecule has 6 aliphatic rings. The van der Waals surface area contributed by atoms with E-state index < -0.39 is 17.1 Å². The van der Waals surface area contributed by atoms with Crippen molar-refractivity contribution in [1.29, 1.82) is 0 Å². The van der Waals surface area contributed by atoms with Gasteiger partial charge in [0.1, 0.15) is 17.5 Å². The van der Waals surface area contributed by atoms with Crippen LogP contribution in [0.15, 0.2) is 29.4 Å². The molecule has 4 aliphatic heterocycles. The molecule has 6 atom stereocenters. The predicted octanol–water partition coefficient (Wildman–Crippen LogP) is 6.43. The zero-order valence-corrected chi connectivity index (χ0v) is 35.1. The molecule has 57 heavy (non-hydrogen) atoms. The third kappa shape index (κ3) is 10.5. The number of guanidine groups is 1. The Morgan fingerprint density at radius 1 is 1.04 bits per heavy atom. The zero-order chi connectivity index (χ0) is 40.0. The van der Waals surface area contributed by atoms with Crippen molar-refractivity contribution in [3.63, 3.8) is 0 Å². The van der Waals surface area contributed by atoms with Crippen molar-refractivity contribution in [1.82, 2.24) is 15.2 Å². The van der Waals surface area contributed by atoms with E-state index in [0.717, 1.165) is 86.7 Å². The first kappa shape index (κ1) is 41.8. The number of anilines is 1. The van der Waals surface area contributed by atoms with Crippen molar-refractivity contribution in [2.24, 2.45) is 28.0 Å². The van der Waals surface area contributed by atoms with Gasteiger partial charge >= 0.3 is 5.97 Å². The molecule has 1 aromatic heterocycles. The van der Waals surface area contributed by atoms with Gasteiger partial charge in [0.25, 0.3) is 0 Å². The number of aryl methyl sites for hydroxylation is 1. The van der Waals surface area contributed by atoms with Crippen molar-refractivity contribution >= 4 is 45.2 Å². The first-order valence-electron chi connectivity index (χ1n) is 21.2. The molecule has 2 aliphatic carbocycles. The highest BCUT2D eigenvalue weighted by Crippen LogP contribution is 2.48. The average Bonchev–Trinajstić information content (AvgIpc) is 3.67. The summed E-state index contributed by atoms with van der Waals surface area (Å²) in [6.45, 7) is 2.75. The van der Waals surface area contributed by atoms with Crippen molar-refractivity contribution in [2.75, 3.05) is 30.5 Å². The Morgan fingerprint density at radius 2 is 1.89 bits per heavy atom. The molecule has 7 N–H and O–H groups in total. The number of hydrogen-bond donors (Lipinski definition) is 5. The van der Waals surface area contributed by atoms with Gasteiger partial charge in [-0.2, -0.15) is 0 Å². The molecule has 1 saturated heterocycles. The number of aliphatic hydroxyl groups is 1. The van der Waals surface area contributed by atoms with Gasteiger partial charge in [-0.3, -0.25) is 9.59 Å². The molecule has 0 spiro atoms. The maximum atomic E-state index is 14.1. The second-order valence-corrected chi connectivity index (χ2v) is 20.0. The fourth-order valence-electron chi connectivity index (χ4n) is 10.4. The topological polar surface area (TPSA) is 186 Å². The molecule has 1 amide bonds. The van der Waals surface area contributed by atoms with Gasteiger partial charge in [0.15, 0.2) is 17.5 Å². The number of hydrogen-bond acceptors (Lipinski definition) is 13. The van der Waals surface area contributed by atoms with Crippen LogP contribution in [0, 0.1) is 17.3 Å². The highest BCUT2D eigenvalue weighted by atomic mass is 33.1. The number of nitrogens with one attached hydrogen (secondary N) is 1. The number of ether oxygens (including phenoxy) is 2. The average molecular weight is 823 g/mol. The number of carbonyl (C=O) groups excluding carboxylic acids is 2. The predicted molar refractivity (Wildman–Crippen MR) is 227 cm³/mol. The smallest absolute Gasteiger partial charge is 0.303 e. The van der Waals surface area contributed by atoms with Crippen LogP contribution in [0.3, 0.4) is 0 Å². The highest BCUT2D eigenvalue weighted by Gasteiger charge is 2.45. The molecule has 3 fully saturated rings. The fraction of sp³-hybridized carbons (Fsp3) is 0.674. The number of aliphatic imine (C=N–C) groups is 1. The molecular formula is C43H62N6O6S2. The molecule has 312 valence electrons. The van der Waals surface area contributed by atoms with Crippen LogP contribution in [-0.4, -0.2) is 80.5 Å². The summed E-state index contributed by atoms with van der Waals surface area (Å²) in [5.41, 5.74) is 15.0. The molecule has 1 aromatic carbocycles. The van der Waals surface area contributed by atoms with Crippen molar-refractivity contribution < 1.29 is 29.3 Å². The van der Waals surface area contributed by atoms with Crippen LogP contribution >= 0.6 is 21.6 Å². The molecular weight excluding hydrogens is 761 g/mol. The number of nitrogen functional groups attached to an aromatic ring is 1. The standard InChI is InChI=1S/C43H62N6O6S2/c1-28(50)55-43-14-11-30(35(51)23-43)6-3-2-4-19-56-57-27-48-41(45)47-18-16-42(22-29-13-17-46-37(44)20-29)24-38(52)49(26-42)25-33-21-32(12-15-43)34-10-9-31-7-5-8-36(31)54-40(34)39(33)53/h13,17,20-21,30-31,35-36,51,53H,2-12,14-16,18-19,22-27H2,1H3,(H2,44,46)(H3,45,47,48)/t30-,31+,35+,36-,42+,43+/m0/s1. The summed E-state index contributed by atoms with van der Waals surface area (Å²) >= 11 is 0. The number of phenols is 1. The van der Waals surface area contributed by atoms with Gasteiger partial charge in [-0.15, -0.1) is 0 Å². The van der Waals surface area contributed by atoms with Crippen LogP contribution in [0.25, 0.3) is 0 Å². The number of nitrogens with zero attached hydrogens (tertiary/aromatic N) is 3. The van der Waals surface area contributed by atoms with Gasteiger partial charge in [0.2, 0.25) is 5.91 Å². The van der Waals surface area contributed by atoms with Crippen LogP contribution in [-0.2, 0) is 40.1 Å². The van der Waals surface area contributed by atoms with E-state index in [1.54, 1.807) is 27.8 Å². The number of fused-ring (bicyclic) bond motifs is 16. The summed E-state index contributed by atoms with van der Waals surface area (Å²) < 4.78 is 12.9. The minimum Gasteiger partial charge on any atom is -0.504 e. The number of nitrogens with two attached hydrogens (primary N) is 2. The molecule has 2 aromatic rings. The molecule has 12 nitrogen and oxygen atoms in total. The first-order valence-corrected chi connectivity index (χ1v) is 23.7. The van der Waals surface area contributed by atoms with E-state index in [2.05, 4.69) is 21.4 Å². The van der Waals surface area contributed by atoms with Crippen molar-refractivity contribution in [2.45, 2.75) is 140 Å². The largest absolute Gasteiger partial charge is 0.504 e. The lowest BCUT2D eigenvalue weighted by atomic mass is 9.72. The highest BCUT2D eigenvalue weighted by molar-refractivity contribution is 8.76. The Balaban J connectivity index is 1.20. The lowest BCUT2D eigenvalue weighted by Crippen LogP contribution is -2.45. The number of amides is 1. The Hall–Kier alpha value is -3.36. The monoisotopic (exact) mass is 822 g/mol. The van der Waals surface area contributed by atoms with E-state index in [1.807, 2.05) is 17.0 Å². The maximum Gasteiger partial charge on any atom is 0.303 e. The van der Waals surface area contributed by atoms with Crippen LogP contribution in [0.1, 0.15) is 119 Å². The first-order chi connectivity index (χ1) is 27.5. The Kier molecular flexibility index (Phi) is 13.7. The summed E-state index contributed by atoms with van der Waals surface area (Å²) in [4.78, 5) is 37.2. The van der Waals surface area contributed by atoms with E-state index >= 15 is 0 Å². The lowest BCUT2D eigenvalue weighted by molar-refractivity contribution is -0.168. The quantitative estimate of drug-likeness (QED) is 0.169. The SMILES string of the molecule is CC(=O)O[C@@]12CCc3cc(c(O)c4c3CC[C@H]3CCC[C@@H]3O4)CN3C[C@@](Cc4ccnc(N)c4)(CCNC(N)=NCSSCCCCC[C@@H](CC1)[C@H](O)C2)CC3=O. The summed E-state index contributed by atoms with van der Waals surface area (Å²) in [6.07, 6.45) is 15.2. The Bertz CT molecular complexity index is 1780. The number of aromatic hydroxyl groups is 1. The number of aliphatic hydroxyl groups excluding tert-OH is 1. The van der Waals surface area contributed by atoms with Gasteiger partial charge in [-0.05, 0) is 125 Å². The van der Waals surface area contributed by atoms with Crippen LogP contribution in [0.2, 0.25) is 0 Å². The normalized spacial score (nSPS) is 30.6. The second-order valence-electron chi connectivity index (χ2n) is 17.4. The molecule has 5 heterocycles. The number of rotatable bonds is 3. The van der Waals surface area contributed by atoms with E-state index in [-0.39, 0.29) is 36.2 Å². The lowest BCUT2D eigenvalue weighted by Gasteiger charge is -2.42. The molecule has 2 saturated carbocycles. The Labute approximate surface area is 345 Å². The summed E-state index contributed by atoms with van der Waals surface area (Å²) in [7, 11) is 3.49. The second kappa shape index (κ2) is 18.7. The fourth-order valence-corrected chi connectivity index (χ4v) is 12.2. The van der Waals surface area contributed by atoms with E-state index in [1.165, 1.54) is 6.92 Å². The molecule has 0 unspecified atom stereocenters. The number of phenolic OH excluding ortho intramolecular Hbond substituents is 1.